The molecule has 3 N–H and O–H groups in total. The summed E-state index contributed by atoms with van der Waals surface area (Å²) in [5.41, 5.74) is 5.33. The van der Waals surface area contributed by atoms with Crippen molar-refractivity contribution in [2.45, 2.75) is 38.3 Å². The Morgan fingerprint density at radius 1 is 1.31 bits per heavy atom. The van der Waals surface area contributed by atoms with E-state index in [4.69, 9.17) is 5.73 Å². The second-order valence-corrected chi connectivity index (χ2v) is 5.20. The summed E-state index contributed by atoms with van der Waals surface area (Å²) >= 11 is 0. The van der Waals surface area contributed by atoms with Gasteiger partial charge in [-0.15, -0.1) is 0 Å². The minimum absolute atomic E-state index is 0.0408. The number of hydrogen-bond acceptors (Lipinski definition) is 2. The predicted octanol–water partition coefficient (Wildman–Crippen LogP) is 1.23. The maximum atomic E-state index is 13.9. The molecule has 1 amide bonds. The van der Waals surface area contributed by atoms with Gasteiger partial charge in [-0.05, 0) is 57.0 Å². The molecule has 2 aliphatic rings. The van der Waals surface area contributed by atoms with E-state index in [1.165, 1.54) is 0 Å². The molecule has 4 heteroatoms. The summed E-state index contributed by atoms with van der Waals surface area (Å²) in [6.07, 6.45) is 3.27. The molecule has 4 unspecified atom stereocenters. The molecular weight excluding hydrogens is 207 g/mol. The van der Waals surface area contributed by atoms with Gasteiger partial charge in [-0.3, -0.25) is 4.79 Å². The Balaban J connectivity index is 1.97. The average molecular weight is 228 g/mol. The van der Waals surface area contributed by atoms with Crippen LogP contribution in [-0.4, -0.2) is 25.2 Å². The van der Waals surface area contributed by atoms with Crippen LogP contribution in [0.1, 0.15) is 32.1 Å². The van der Waals surface area contributed by atoms with Crippen molar-refractivity contribution in [3.63, 3.8) is 0 Å². The summed E-state index contributed by atoms with van der Waals surface area (Å²) in [5, 5.41) is 3.31. The van der Waals surface area contributed by atoms with Crippen molar-refractivity contribution in [2.75, 3.05) is 13.1 Å². The van der Waals surface area contributed by atoms with Gasteiger partial charge in [0.2, 0.25) is 5.91 Å². The van der Waals surface area contributed by atoms with Crippen LogP contribution in [-0.2, 0) is 4.79 Å². The smallest absolute Gasteiger partial charge is 0.220 e. The van der Waals surface area contributed by atoms with Gasteiger partial charge in [-0.1, -0.05) is 0 Å². The SMILES string of the molecule is NC(=O)C1CCC(F)C(C2CCCNC2)C1. The van der Waals surface area contributed by atoms with Crippen LogP contribution >= 0.6 is 0 Å². The van der Waals surface area contributed by atoms with Crippen LogP contribution in [0, 0.1) is 17.8 Å². The third-order valence-electron chi connectivity index (χ3n) is 4.16. The molecule has 1 aliphatic heterocycles. The highest BCUT2D eigenvalue weighted by Gasteiger charge is 2.37. The van der Waals surface area contributed by atoms with Gasteiger partial charge < -0.3 is 11.1 Å². The zero-order valence-corrected chi connectivity index (χ0v) is 9.62. The van der Waals surface area contributed by atoms with Crippen molar-refractivity contribution in [1.82, 2.24) is 5.32 Å². The number of hydrogen-bond donors (Lipinski definition) is 2. The van der Waals surface area contributed by atoms with E-state index in [0.717, 1.165) is 25.9 Å². The molecular formula is C12H21FN2O. The summed E-state index contributed by atoms with van der Waals surface area (Å²) in [6.45, 7) is 1.94. The lowest BCUT2D eigenvalue weighted by atomic mass is 9.71. The largest absolute Gasteiger partial charge is 0.369 e. The Morgan fingerprint density at radius 3 is 2.75 bits per heavy atom. The topological polar surface area (TPSA) is 55.1 Å². The van der Waals surface area contributed by atoms with E-state index in [9.17, 15) is 9.18 Å². The van der Waals surface area contributed by atoms with Crippen LogP contribution < -0.4 is 11.1 Å². The van der Waals surface area contributed by atoms with E-state index in [2.05, 4.69) is 5.32 Å². The fraction of sp³-hybridized carbons (Fsp3) is 0.917. The van der Waals surface area contributed by atoms with Crippen molar-refractivity contribution in [3.05, 3.63) is 0 Å². The normalized spacial score (nSPS) is 40.6. The molecule has 0 aromatic heterocycles. The summed E-state index contributed by atoms with van der Waals surface area (Å²) < 4.78 is 13.9. The highest BCUT2D eigenvalue weighted by Crippen LogP contribution is 2.38. The van der Waals surface area contributed by atoms with Crippen LogP contribution in [0.15, 0.2) is 0 Å². The van der Waals surface area contributed by atoms with Crippen LogP contribution in [0.4, 0.5) is 4.39 Å². The number of nitrogens with one attached hydrogen (secondary N) is 1. The minimum Gasteiger partial charge on any atom is -0.369 e. The number of carbonyl (C=O) groups excluding carboxylic acids is 1. The zero-order chi connectivity index (χ0) is 11.5. The first-order valence-corrected chi connectivity index (χ1v) is 6.32. The summed E-state index contributed by atoms with van der Waals surface area (Å²) in [6, 6.07) is 0. The third kappa shape index (κ3) is 2.54. The van der Waals surface area contributed by atoms with E-state index < -0.39 is 6.17 Å². The van der Waals surface area contributed by atoms with E-state index in [0.29, 0.717) is 25.2 Å². The van der Waals surface area contributed by atoms with Gasteiger partial charge in [0.25, 0.3) is 0 Å². The molecule has 0 spiro atoms. The van der Waals surface area contributed by atoms with Gasteiger partial charge in [-0.2, -0.15) is 0 Å². The number of rotatable bonds is 2. The second kappa shape index (κ2) is 5.13. The van der Waals surface area contributed by atoms with Gasteiger partial charge in [0.15, 0.2) is 0 Å². The standard InChI is InChI=1S/C12H21FN2O/c13-11-4-3-8(12(14)16)6-10(11)9-2-1-5-15-7-9/h8-11,15H,1-7H2,(H2,14,16). The van der Waals surface area contributed by atoms with Gasteiger partial charge in [0, 0.05) is 5.92 Å². The Labute approximate surface area is 96.0 Å². The molecule has 1 aliphatic carbocycles. The van der Waals surface area contributed by atoms with Crippen molar-refractivity contribution in [1.29, 1.82) is 0 Å². The summed E-state index contributed by atoms with van der Waals surface area (Å²) in [4.78, 5) is 11.2. The first-order valence-electron chi connectivity index (χ1n) is 6.32. The molecule has 2 rings (SSSR count). The Kier molecular flexibility index (Phi) is 3.79. The van der Waals surface area contributed by atoms with Crippen molar-refractivity contribution >= 4 is 5.91 Å². The zero-order valence-electron chi connectivity index (χ0n) is 9.62. The van der Waals surface area contributed by atoms with Crippen LogP contribution in [0.25, 0.3) is 0 Å². The minimum atomic E-state index is -0.736. The Bertz CT molecular complexity index is 253. The lowest BCUT2D eigenvalue weighted by Crippen LogP contribution is -2.42. The summed E-state index contributed by atoms with van der Waals surface area (Å²) in [5.74, 6) is 0.0875. The molecule has 92 valence electrons. The molecule has 0 aromatic carbocycles. The number of piperidine rings is 1. The van der Waals surface area contributed by atoms with Crippen molar-refractivity contribution in [2.24, 2.45) is 23.5 Å². The molecule has 0 aromatic rings. The quantitative estimate of drug-likeness (QED) is 0.746. The first kappa shape index (κ1) is 11.8. The monoisotopic (exact) mass is 228 g/mol. The van der Waals surface area contributed by atoms with Crippen molar-refractivity contribution in [3.8, 4) is 0 Å². The number of primary amides is 1. The average Bonchev–Trinajstić information content (AvgIpc) is 2.30. The highest BCUT2D eigenvalue weighted by atomic mass is 19.1. The molecule has 1 saturated carbocycles. The predicted molar refractivity (Wildman–Crippen MR) is 60.5 cm³/mol. The molecule has 4 atom stereocenters. The highest BCUT2D eigenvalue weighted by molar-refractivity contribution is 5.76. The van der Waals surface area contributed by atoms with E-state index >= 15 is 0 Å². The maximum Gasteiger partial charge on any atom is 0.220 e. The lowest BCUT2D eigenvalue weighted by molar-refractivity contribution is -0.124. The van der Waals surface area contributed by atoms with Gasteiger partial charge in [0.05, 0.1) is 0 Å². The van der Waals surface area contributed by atoms with Crippen LogP contribution in [0.3, 0.4) is 0 Å². The molecule has 3 nitrogen and oxygen atoms in total. The van der Waals surface area contributed by atoms with Crippen LogP contribution in [0.5, 0.6) is 0 Å². The molecule has 2 fully saturated rings. The van der Waals surface area contributed by atoms with Gasteiger partial charge in [0.1, 0.15) is 6.17 Å². The van der Waals surface area contributed by atoms with Crippen molar-refractivity contribution < 1.29 is 9.18 Å². The summed E-state index contributed by atoms with van der Waals surface area (Å²) in [7, 11) is 0. The lowest BCUT2D eigenvalue weighted by Gasteiger charge is -2.37. The fourth-order valence-electron chi connectivity index (χ4n) is 3.16. The number of alkyl halides is 1. The number of nitrogens with two attached hydrogens (primary N) is 1. The maximum absolute atomic E-state index is 13.9. The molecule has 0 radical (unpaired) electrons. The first-order chi connectivity index (χ1) is 7.68. The molecule has 1 heterocycles. The van der Waals surface area contributed by atoms with E-state index in [1.54, 1.807) is 0 Å². The van der Waals surface area contributed by atoms with E-state index in [1.807, 2.05) is 0 Å². The number of halogens is 1. The fourth-order valence-corrected chi connectivity index (χ4v) is 3.16. The molecule has 1 saturated heterocycles. The van der Waals surface area contributed by atoms with E-state index in [-0.39, 0.29) is 17.7 Å². The second-order valence-electron chi connectivity index (χ2n) is 5.20. The van der Waals surface area contributed by atoms with Crippen LogP contribution in [0.2, 0.25) is 0 Å². The molecule has 0 bridgehead atoms. The Hall–Kier alpha value is -0.640. The van der Waals surface area contributed by atoms with Gasteiger partial charge in [-0.25, -0.2) is 4.39 Å². The number of amides is 1. The number of carbonyl (C=O) groups is 1. The third-order valence-corrected chi connectivity index (χ3v) is 4.16. The molecule has 16 heavy (non-hydrogen) atoms. The van der Waals surface area contributed by atoms with Gasteiger partial charge >= 0.3 is 0 Å². The Morgan fingerprint density at radius 2 is 2.12 bits per heavy atom.